The molecule has 0 saturated heterocycles. The van der Waals surface area contributed by atoms with Crippen LogP contribution in [0.4, 0.5) is 0 Å². The molecule has 0 unspecified atom stereocenters. The molecule has 4 rings (SSSR count). The molecule has 0 amide bonds. The van der Waals surface area contributed by atoms with Gasteiger partial charge in [0.2, 0.25) is 0 Å². The summed E-state index contributed by atoms with van der Waals surface area (Å²) in [4.78, 5) is 0. The molecule has 0 aliphatic rings. The van der Waals surface area contributed by atoms with Crippen molar-refractivity contribution in [1.29, 1.82) is 0 Å². The molecule has 6 heteroatoms. The number of nitrogens with one attached hydrogen (secondary N) is 2. The quantitative estimate of drug-likeness (QED) is 0.165. The van der Waals surface area contributed by atoms with Crippen molar-refractivity contribution < 1.29 is 17.3 Å². The third-order valence-corrected chi connectivity index (χ3v) is 10.9. The van der Waals surface area contributed by atoms with Crippen LogP contribution in [0.5, 0.6) is 0 Å². The Hall–Kier alpha value is -1.43. The second-order valence-electron chi connectivity index (χ2n) is 7.42. The van der Waals surface area contributed by atoms with Gasteiger partial charge in [-0.3, -0.25) is 0 Å². The Balaban J connectivity index is 0.000000224. The molecular weight excluding hydrogens is 563 g/mol. The molecule has 4 aromatic rings. The number of hydrogen-bond acceptors (Lipinski definition) is 0. The van der Waals surface area contributed by atoms with Gasteiger partial charge in [0.15, 0.2) is 0 Å². The van der Waals surface area contributed by atoms with Crippen molar-refractivity contribution in [3.05, 3.63) is 133 Å². The van der Waals surface area contributed by atoms with E-state index < -0.39 is 15.8 Å². The van der Waals surface area contributed by atoms with E-state index in [4.69, 9.17) is 11.5 Å². The molecule has 4 aromatic carbocycles. The zero-order valence-corrected chi connectivity index (χ0v) is 23.6. The van der Waals surface area contributed by atoms with Gasteiger partial charge in [-0.2, -0.15) is 0 Å². The van der Waals surface area contributed by atoms with Crippen LogP contribution < -0.4 is 21.2 Å². The Morgan fingerprint density at radius 3 is 0.824 bits per heavy atom. The molecule has 0 saturated carbocycles. The topological polar surface area (TPSA) is 47.6 Å². The first-order valence-corrected chi connectivity index (χ1v) is 16.8. The van der Waals surface area contributed by atoms with E-state index in [0.29, 0.717) is 13.1 Å². The summed E-state index contributed by atoms with van der Waals surface area (Å²) in [6.45, 7) is 1.02. The predicted octanol–water partition coefficient (Wildman–Crippen LogP) is 6.49. The first kappa shape index (κ1) is 28.8. The maximum atomic E-state index is 7.46. The number of benzene rings is 4. The van der Waals surface area contributed by atoms with Crippen LogP contribution >= 0.6 is 25.5 Å². The Morgan fingerprint density at radius 2 is 0.647 bits per heavy atom. The van der Waals surface area contributed by atoms with E-state index in [2.05, 4.69) is 131 Å². The first-order valence-electron chi connectivity index (χ1n) is 11.2. The van der Waals surface area contributed by atoms with Gasteiger partial charge < -0.3 is 11.5 Å². The van der Waals surface area contributed by atoms with Gasteiger partial charge in [0, 0.05) is 12.3 Å². The molecule has 2 N–H and O–H groups in total. The summed E-state index contributed by atoms with van der Waals surface area (Å²) < 4.78 is 0. The molecule has 0 fully saturated rings. The molecule has 0 bridgehead atoms. The summed E-state index contributed by atoms with van der Waals surface area (Å²) in [7, 11) is 3.09. The van der Waals surface area contributed by atoms with Crippen LogP contribution in [0.1, 0.15) is 0 Å². The fourth-order valence-electron chi connectivity index (χ4n) is 3.72. The van der Waals surface area contributed by atoms with Gasteiger partial charge in [-0.1, -0.05) is 72.8 Å². The molecule has 0 heterocycles. The van der Waals surface area contributed by atoms with Gasteiger partial charge in [-0.15, -0.1) is 13.1 Å². The monoisotopic (exact) mass is 595 g/mol. The van der Waals surface area contributed by atoms with Gasteiger partial charge in [0.05, 0.1) is 37.1 Å². The first-order chi connectivity index (χ1) is 16.8. The Morgan fingerprint density at radius 1 is 0.441 bits per heavy atom. The molecule has 0 radical (unpaired) electrons. The number of rotatable bonds is 8. The van der Waals surface area contributed by atoms with Crippen LogP contribution in [-0.4, -0.2) is 25.4 Å². The molecule has 177 valence electrons. The molecule has 2 nitrogen and oxygen atoms in total. The minimum atomic E-state index is -0.738. The van der Waals surface area contributed by atoms with Crippen molar-refractivity contribution in [2.75, 3.05) is 25.4 Å². The zero-order chi connectivity index (χ0) is 24.4. The van der Waals surface area contributed by atoms with Crippen molar-refractivity contribution >= 4 is 46.8 Å². The maximum Gasteiger partial charge on any atom is 0.0966 e. The summed E-state index contributed by atoms with van der Waals surface area (Å²) >= 11 is 1.82. The summed E-state index contributed by atoms with van der Waals surface area (Å²) in [5.41, 5.74) is 14.9. The Bertz CT molecular complexity index is 846. The largest absolute Gasteiger partial charge is 0.674 e. The predicted molar refractivity (Wildman–Crippen MR) is 155 cm³/mol. The molecule has 0 atom stereocenters. The summed E-state index contributed by atoms with van der Waals surface area (Å²) in [6.07, 6.45) is 1.97. The normalized spacial score (nSPS) is 10.1. The van der Waals surface area contributed by atoms with Crippen LogP contribution in [0.2, 0.25) is 0 Å². The van der Waals surface area contributed by atoms with Crippen molar-refractivity contribution in [2.24, 2.45) is 0 Å². The van der Waals surface area contributed by atoms with E-state index in [-0.39, 0.29) is 0 Å². The second-order valence-corrected chi connectivity index (χ2v) is 12.6. The van der Waals surface area contributed by atoms with Gasteiger partial charge in [0.25, 0.3) is 0 Å². The summed E-state index contributed by atoms with van der Waals surface area (Å²) in [5.74, 6) is 0. The van der Waals surface area contributed by atoms with E-state index in [0.717, 1.165) is 12.3 Å². The van der Waals surface area contributed by atoms with Crippen molar-refractivity contribution in [1.82, 2.24) is 0 Å². The van der Waals surface area contributed by atoms with Crippen LogP contribution in [0.3, 0.4) is 0 Å². The van der Waals surface area contributed by atoms with E-state index in [1.807, 2.05) is 17.3 Å². The van der Waals surface area contributed by atoms with Gasteiger partial charge >= 0.3 is 27.0 Å². The van der Waals surface area contributed by atoms with Gasteiger partial charge in [-0.05, 0) is 48.5 Å². The summed E-state index contributed by atoms with van der Waals surface area (Å²) in [5, 5.41) is 5.63. The smallest absolute Gasteiger partial charge is 0.0966 e. The number of halogens is 1. The minimum Gasteiger partial charge on any atom is -0.674 e. The van der Waals surface area contributed by atoms with Gasteiger partial charge in [0.1, 0.15) is 0 Å². The van der Waals surface area contributed by atoms with Crippen LogP contribution in [-0.2, 0) is 17.3 Å². The molecule has 34 heavy (non-hydrogen) atoms. The van der Waals surface area contributed by atoms with Crippen molar-refractivity contribution in [2.45, 2.75) is 0 Å². The Kier molecular flexibility index (Phi) is 15.2. The third kappa shape index (κ3) is 9.67. The van der Waals surface area contributed by atoms with E-state index in [1.165, 1.54) is 21.2 Å². The SMILES string of the molecule is [Cl][Ru+2].[NH-]CC[PH+](c1ccccc1)c1ccccc1.[NH-]CC[PH+](c1ccccc1)c1ccccc1. The van der Waals surface area contributed by atoms with E-state index >= 15 is 0 Å². The molecule has 0 aromatic heterocycles. The third-order valence-electron chi connectivity index (χ3n) is 5.24. The van der Waals surface area contributed by atoms with Crippen molar-refractivity contribution in [3.63, 3.8) is 0 Å². The fraction of sp³-hybridized carbons (Fsp3) is 0.143. The average Bonchev–Trinajstić information content (AvgIpc) is 2.94. The molecule has 0 aliphatic heterocycles. The molecule has 0 aliphatic carbocycles. The maximum absolute atomic E-state index is 7.46. The van der Waals surface area contributed by atoms with E-state index in [1.54, 1.807) is 0 Å². The number of hydrogen-bond donors (Lipinski definition) is 0. The van der Waals surface area contributed by atoms with E-state index in [9.17, 15) is 0 Å². The zero-order valence-electron chi connectivity index (χ0n) is 19.1. The Labute approximate surface area is 221 Å². The van der Waals surface area contributed by atoms with Crippen LogP contribution in [0.15, 0.2) is 121 Å². The molecule has 0 spiro atoms. The minimum absolute atomic E-state index is 0.512. The molecular formula is C28H32ClN2P2Ru+2. The van der Waals surface area contributed by atoms with Gasteiger partial charge in [-0.25, -0.2) is 0 Å². The fourth-order valence-corrected chi connectivity index (χ4v) is 8.42. The standard InChI is InChI=1S/2C14H15NP.ClH.Ru/c2*15-11-12-16(13-7-3-1-4-8-13)14-9-5-2-6-10-14;;/h2*1-10,15H,11-12H2;1H;/q2*-1;;+3/p+1. The summed E-state index contributed by atoms with van der Waals surface area (Å²) in [6, 6.07) is 42.5. The average molecular weight is 595 g/mol. The second kappa shape index (κ2) is 17.9. The van der Waals surface area contributed by atoms with Crippen molar-refractivity contribution in [3.8, 4) is 0 Å². The van der Waals surface area contributed by atoms with Crippen LogP contribution in [0.25, 0.3) is 11.5 Å². The van der Waals surface area contributed by atoms with Crippen LogP contribution in [0, 0.1) is 0 Å².